The Morgan fingerprint density at radius 3 is 2.42 bits per heavy atom. The molecule has 0 saturated heterocycles. The molecule has 3 rings (SSSR count). The fourth-order valence-corrected chi connectivity index (χ4v) is 2.16. The fraction of sp³-hybridized carbons (Fsp3) is 0.0556. The Balaban J connectivity index is 1.78. The predicted octanol–water partition coefficient (Wildman–Crippen LogP) is 4.51. The minimum absolute atomic E-state index is 0.956. The first kappa shape index (κ1) is 11.7. The monoisotopic (exact) mass is 245 g/mol. The molecule has 0 atom stereocenters. The van der Waals surface area contributed by atoms with Gasteiger partial charge in [-0.15, -0.1) is 0 Å². The van der Waals surface area contributed by atoms with Crippen molar-refractivity contribution >= 4 is 11.6 Å². The van der Waals surface area contributed by atoms with Crippen LogP contribution in [0.5, 0.6) is 0 Å². The third-order valence-corrected chi connectivity index (χ3v) is 3.16. The highest BCUT2D eigenvalue weighted by molar-refractivity contribution is 5.77. The van der Waals surface area contributed by atoms with Crippen LogP contribution in [0, 0.1) is 0 Å². The molecule has 1 aliphatic carbocycles. The minimum atomic E-state index is 0.956. The topological polar surface area (TPSA) is 12.9 Å². The molecule has 1 aliphatic rings. The van der Waals surface area contributed by atoms with E-state index in [0.29, 0.717) is 0 Å². The Bertz CT molecular complexity index is 634. The summed E-state index contributed by atoms with van der Waals surface area (Å²) in [5, 5.41) is 0. The maximum Gasteiger partial charge on any atom is 0.0632 e. The second kappa shape index (κ2) is 5.49. The van der Waals surface area contributed by atoms with Gasteiger partial charge in [0.25, 0.3) is 0 Å². The zero-order chi connectivity index (χ0) is 12.9. The van der Waals surface area contributed by atoms with Crippen molar-refractivity contribution in [2.24, 2.45) is 0 Å². The van der Waals surface area contributed by atoms with Crippen molar-refractivity contribution < 1.29 is 0 Å². The molecule has 0 spiro atoms. The average Bonchev–Trinajstić information content (AvgIpc) is 2.50. The Kier molecular flexibility index (Phi) is 3.37. The van der Waals surface area contributed by atoms with E-state index >= 15 is 0 Å². The molecule has 0 aliphatic heterocycles. The summed E-state index contributed by atoms with van der Waals surface area (Å²) in [6.07, 6.45) is 11.5. The third-order valence-electron chi connectivity index (χ3n) is 3.16. The number of benzene rings is 1. The zero-order valence-electron chi connectivity index (χ0n) is 10.7. The van der Waals surface area contributed by atoms with Crippen LogP contribution in [0.3, 0.4) is 0 Å². The Hall–Kier alpha value is -2.41. The molecular weight excluding hydrogens is 230 g/mol. The summed E-state index contributed by atoms with van der Waals surface area (Å²) in [4.78, 5) is 4.32. The highest BCUT2D eigenvalue weighted by atomic mass is 14.6. The lowest BCUT2D eigenvalue weighted by Crippen LogP contribution is -1.89. The van der Waals surface area contributed by atoms with Crippen LogP contribution in [0.1, 0.15) is 17.7 Å². The number of rotatable bonds is 2. The van der Waals surface area contributed by atoms with Crippen LogP contribution in [0.15, 0.2) is 78.5 Å². The van der Waals surface area contributed by atoms with Gasteiger partial charge in [-0.3, -0.25) is 4.98 Å². The normalized spacial score (nSPS) is 16.4. The van der Waals surface area contributed by atoms with E-state index in [2.05, 4.69) is 53.6 Å². The molecule has 0 N–H and O–H groups in total. The van der Waals surface area contributed by atoms with E-state index in [1.165, 1.54) is 16.7 Å². The van der Waals surface area contributed by atoms with E-state index in [0.717, 1.165) is 12.1 Å². The van der Waals surface area contributed by atoms with E-state index in [1.807, 2.05) is 30.5 Å². The summed E-state index contributed by atoms with van der Waals surface area (Å²) in [6, 6.07) is 16.4. The van der Waals surface area contributed by atoms with Crippen LogP contribution in [-0.4, -0.2) is 4.98 Å². The van der Waals surface area contributed by atoms with Gasteiger partial charge in [0.1, 0.15) is 0 Å². The smallest absolute Gasteiger partial charge is 0.0632 e. The first-order valence-electron chi connectivity index (χ1n) is 6.47. The van der Waals surface area contributed by atoms with Crippen LogP contribution in [0.2, 0.25) is 0 Å². The van der Waals surface area contributed by atoms with E-state index < -0.39 is 0 Å². The first-order valence-corrected chi connectivity index (χ1v) is 6.47. The molecule has 19 heavy (non-hydrogen) atoms. The van der Waals surface area contributed by atoms with Gasteiger partial charge in [-0.05, 0) is 41.3 Å². The number of nitrogens with zero attached hydrogens (tertiary/aromatic N) is 1. The molecule has 1 aromatic heterocycles. The van der Waals surface area contributed by atoms with Crippen LogP contribution < -0.4 is 0 Å². The van der Waals surface area contributed by atoms with Gasteiger partial charge in [0.2, 0.25) is 0 Å². The van der Waals surface area contributed by atoms with Crippen LogP contribution in [0.4, 0.5) is 0 Å². The van der Waals surface area contributed by atoms with Crippen LogP contribution in [-0.2, 0) is 0 Å². The molecule has 0 radical (unpaired) electrons. The molecule has 0 amide bonds. The number of hydrogen-bond donors (Lipinski definition) is 0. The van der Waals surface area contributed by atoms with Crippen LogP contribution in [0.25, 0.3) is 11.6 Å². The first-order chi connectivity index (χ1) is 9.42. The molecule has 1 heterocycles. The van der Waals surface area contributed by atoms with Gasteiger partial charge < -0.3 is 0 Å². The lowest BCUT2D eigenvalue weighted by molar-refractivity contribution is 1.25. The summed E-state index contributed by atoms with van der Waals surface area (Å²) < 4.78 is 0. The summed E-state index contributed by atoms with van der Waals surface area (Å²) in [6.45, 7) is 0. The zero-order valence-corrected chi connectivity index (χ0v) is 10.7. The molecule has 1 aromatic carbocycles. The quantitative estimate of drug-likeness (QED) is 0.758. The van der Waals surface area contributed by atoms with Crippen molar-refractivity contribution in [2.45, 2.75) is 6.42 Å². The molecule has 0 fully saturated rings. The van der Waals surface area contributed by atoms with E-state index in [9.17, 15) is 0 Å². The summed E-state index contributed by atoms with van der Waals surface area (Å²) >= 11 is 0. The Labute approximate surface area is 113 Å². The number of allylic oxidation sites excluding steroid dienone is 5. The van der Waals surface area contributed by atoms with Crippen molar-refractivity contribution in [3.05, 3.63) is 89.8 Å². The highest BCUT2D eigenvalue weighted by Gasteiger charge is 2.03. The second-order valence-electron chi connectivity index (χ2n) is 4.54. The SMILES string of the molecule is C1=CC(c2ccccc2)=CCC1=Cc1ccccn1. The Morgan fingerprint density at radius 1 is 0.895 bits per heavy atom. The fourth-order valence-electron chi connectivity index (χ4n) is 2.16. The standard InChI is InChI=1S/C18H15N/c1-2-6-16(7-3-1)17-11-9-15(10-12-17)14-18-8-4-5-13-19-18/h1-9,11-14H,10H2. The lowest BCUT2D eigenvalue weighted by atomic mass is 9.96. The van der Waals surface area contributed by atoms with Crippen LogP contribution >= 0.6 is 0 Å². The number of aromatic nitrogens is 1. The van der Waals surface area contributed by atoms with Gasteiger partial charge in [-0.25, -0.2) is 0 Å². The van der Waals surface area contributed by atoms with Gasteiger partial charge in [0.05, 0.1) is 5.69 Å². The maximum atomic E-state index is 4.32. The van der Waals surface area contributed by atoms with E-state index in [4.69, 9.17) is 0 Å². The minimum Gasteiger partial charge on any atom is -0.257 e. The molecule has 1 nitrogen and oxygen atoms in total. The predicted molar refractivity (Wildman–Crippen MR) is 80.4 cm³/mol. The van der Waals surface area contributed by atoms with Crippen molar-refractivity contribution in [1.29, 1.82) is 0 Å². The second-order valence-corrected chi connectivity index (χ2v) is 4.54. The largest absolute Gasteiger partial charge is 0.257 e. The third kappa shape index (κ3) is 2.89. The number of pyridine rings is 1. The molecule has 2 aromatic rings. The van der Waals surface area contributed by atoms with Gasteiger partial charge >= 0.3 is 0 Å². The molecule has 1 heteroatoms. The Morgan fingerprint density at radius 2 is 1.74 bits per heavy atom. The van der Waals surface area contributed by atoms with E-state index in [1.54, 1.807) is 0 Å². The molecule has 0 unspecified atom stereocenters. The van der Waals surface area contributed by atoms with Gasteiger partial charge in [-0.1, -0.05) is 54.6 Å². The van der Waals surface area contributed by atoms with Crippen molar-refractivity contribution in [2.75, 3.05) is 0 Å². The maximum absolute atomic E-state index is 4.32. The average molecular weight is 245 g/mol. The van der Waals surface area contributed by atoms with Crippen molar-refractivity contribution in [1.82, 2.24) is 4.98 Å². The van der Waals surface area contributed by atoms with Gasteiger partial charge in [0.15, 0.2) is 0 Å². The van der Waals surface area contributed by atoms with Crippen molar-refractivity contribution in [3.63, 3.8) is 0 Å². The summed E-state index contributed by atoms with van der Waals surface area (Å²) in [5.74, 6) is 0. The van der Waals surface area contributed by atoms with E-state index in [-0.39, 0.29) is 0 Å². The molecular formula is C18H15N. The molecule has 0 bridgehead atoms. The van der Waals surface area contributed by atoms with Gasteiger partial charge in [-0.2, -0.15) is 0 Å². The van der Waals surface area contributed by atoms with Crippen molar-refractivity contribution in [3.8, 4) is 0 Å². The molecule has 0 saturated carbocycles. The number of hydrogen-bond acceptors (Lipinski definition) is 1. The molecule has 92 valence electrons. The summed E-state index contributed by atoms with van der Waals surface area (Å²) in [5.41, 5.74) is 4.87. The lowest BCUT2D eigenvalue weighted by Gasteiger charge is -2.09. The van der Waals surface area contributed by atoms with Gasteiger partial charge in [0, 0.05) is 6.20 Å². The highest BCUT2D eigenvalue weighted by Crippen LogP contribution is 2.24. The summed E-state index contributed by atoms with van der Waals surface area (Å²) in [7, 11) is 0.